The van der Waals surface area contributed by atoms with Crippen molar-refractivity contribution in [3.63, 3.8) is 0 Å². The van der Waals surface area contributed by atoms with E-state index in [4.69, 9.17) is 29.2 Å². The molecule has 4 aliphatic rings. The van der Waals surface area contributed by atoms with Crippen molar-refractivity contribution < 1.29 is 19.0 Å². The van der Waals surface area contributed by atoms with Crippen LogP contribution in [0.2, 0.25) is 0 Å². The number of cyclic esters (lactones) is 1. The summed E-state index contributed by atoms with van der Waals surface area (Å²) in [6.45, 7) is 13.0. The zero-order valence-electron chi connectivity index (χ0n) is 24.2. The molecule has 3 saturated heterocycles. The molecule has 4 aliphatic heterocycles. The average molecular weight is 557 g/mol. The molecule has 7 rings (SSSR count). The van der Waals surface area contributed by atoms with E-state index in [9.17, 15) is 4.79 Å². The number of rotatable bonds is 5. The van der Waals surface area contributed by atoms with Gasteiger partial charge in [-0.05, 0) is 57.0 Å². The normalized spacial score (nSPS) is 27.6. The lowest BCUT2D eigenvalue weighted by Crippen LogP contribution is -2.54. The molecule has 1 aromatic carbocycles. The number of carbonyl (C=O) groups excluding carboxylic acids is 1. The molecular weight excluding hydrogens is 520 g/mol. The number of anilines is 5. The van der Waals surface area contributed by atoms with Gasteiger partial charge in [-0.15, -0.1) is 0 Å². The van der Waals surface area contributed by atoms with E-state index in [1.165, 1.54) is 5.56 Å². The van der Waals surface area contributed by atoms with Gasteiger partial charge >= 0.3 is 6.09 Å². The van der Waals surface area contributed by atoms with Crippen LogP contribution in [0.15, 0.2) is 48.7 Å². The van der Waals surface area contributed by atoms with Crippen LogP contribution in [0.1, 0.15) is 52.2 Å². The molecule has 6 heterocycles. The summed E-state index contributed by atoms with van der Waals surface area (Å²) in [5, 5.41) is 3.40. The molecule has 0 saturated carbocycles. The maximum Gasteiger partial charge on any atom is 0.415 e. The highest BCUT2D eigenvalue weighted by Crippen LogP contribution is 2.53. The Morgan fingerprint density at radius 1 is 0.951 bits per heavy atom. The van der Waals surface area contributed by atoms with Crippen LogP contribution in [0, 0.1) is 0 Å². The van der Waals surface area contributed by atoms with Gasteiger partial charge in [-0.2, -0.15) is 4.98 Å². The number of hydrogen-bond acceptors (Lipinski definition) is 9. The Labute approximate surface area is 240 Å². The molecule has 0 aliphatic carbocycles. The molecule has 10 heteroatoms. The van der Waals surface area contributed by atoms with E-state index in [-0.39, 0.29) is 34.6 Å². The van der Waals surface area contributed by atoms with Crippen molar-refractivity contribution in [2.75, 3.05) is 41.5 Å². The van der Waals surface area contributed by atoms with Crippen molar-refractivity contribution in [3.8, 4) is 0 Å². The highest BCUT2D eigenvalue weighted by atomic mass is 16.6. The predicted molar refractivity (Wildman–Crippen MR) is 155 cm³/mol. The van der Waals surface area contributed by atoms with Gasteiger partial charge in [0.2, 0.25) is 5.95 Å². The first-order valence-electron chi connectivity index (χ1n) is 14.3. The fraction of sp³-hybridized carbons (Fsp3) is 0.484. The van der Waals surface area contributed by atoms with E-state index < -0.39 is 0 Å². The fourth-order valence-corrected chi connectivity index (χ4v) is 6.44. The molecule has 0 spiro atoms. The molecular formula is C31H36N6O4. The van der Waals surface area contributed by atoms with Crippen molar-refractivity contribution in [2.45, 2.75) is 69.6 Å². The van der Waals surface area contributed by atoms with Crippen molar-refractivity contribution in [3.05, 3.63) is 59.8 Å². The zero-order valence-corrected chi connectivity index (χ0v) is 24.2. The molecule has 0 radical (unpaired) electrons. The summed E-state index contributed by atoms with van der Waals surface area (Å²) in [6, 6.07) is 14.1. The summed E-state index contributed by atoms with van der Waals surface area (Å²) in [7, 11) is 0. The largest absolute Gasteiger partial charge is 0.447 e. The first kappa shape index (κ1) is 26.2. The molecule has 1 N–H and O–H groups in total. The number of benzene rings is 1. The van der Waals surface area contributed by atoms with Crippen LogP contribution in [0.5, 0.6) is 0 Å². The molecule has 214 valence electrons. The maximum absolute atomic E-state index is 12.5. The Kier molecular flexibility index (Phi) is 5.82. The summed E-state index contributed by atoms with van der Waals surface area (Å²) in [4.78, 5) is 31.1. The van der Waals surface area contributed by atoms with Gasteiger partial charge in [0.25, 0.3) is 0 Å². The van der Waals surface area contributed by atoms with E-state index in [0.29, 0.717) is 25.0 Å². The van der Waals surface area contributed by atoms with E-state index in [0.717, 1.165) is 42.5 Å². The zero-order chi connectivity index (χ0) is 28.6. The second kappa shape index (κ2) is 9.12. The summed E-state index contributed by atoms with van der Waals surface area (Å²) in [5.41, 5.74) is 2.64. The monoisotopic (exact) mass is 556 g/mol. The number of pyridine rings is 1. The minimum Gasteiger partial charge on any atom is -0.447 e. The van der Waals surface area contributed by atoms with E-state index in [2.05, 4.69) is 62.2 Å². The second-order valence-corrected chi connectivity index (χ2v) is 12.9. The van der Waals surface area contributed by atoms with Gasteiger partial charge < -0.3 is 24.4 Å². The van der Waals surface area contributed by atoms with Gasteiger partial charge in [-0.1, -0.05) is 32.0 Å². The van der Waals surface area contributed by atoms with Crippen molar-refractivity contribution in [1.29, 1.82) is 0 Å². The molecule has 1 amide bonds. The Morgan fingerprint density at radius 2 is 1.68 bits per heavy atom. The molecule has 3 atom stereocenters. The maximum atomic E-state index is 12.5. The summed E-state index contributed by atoms with van der Waals surface area (Å²) < 4.78 is 17.0. The number of nitrogens with one attached hydrogen (secondary N) is 1. The minimum atomic E-state index is -0.375. The van der Waals surface area contributed by atoms with Crippen LogP contribution < -0.4 is 15.1 Å². The van der Waals surface area contributed by atoms with E-state index >= 15 is 0 Å². The lowest BCUT2D eigenvalue weighted by atomic mass is 9.73. The van der Waals surface area contributed by atoms with Crippen LogP contribution in [0.4, 0.5) is 33.9 Å². The molecule has 10 nitrogen and oxygen atoms in total. The minimum absolute atomic E-state index is 0.0428. The highest BCUT2D eigenvalue weighted by Gasteiger charge is 2.55. The van der Waals surface area contributed by atoms with E-state index in [1.54, 1.807) is 4.90 Å². The van der Waals surface area contributed by atoms with Gasteiger partial charge in [0.15, 0.2) is 0 Å². The Balaban J connectivity index is 1.26. The van der Waals surface area contributed by atoms with Crippen LogP contribution >= 0.6 is 0 Å². The van der Waals surface area contributed by atoms with Crippen LogP contribution in [0.3, 0.4) is 0 Å². The summed E-state index contributed by atoms with van der Waals surface area (Å²) in [6.07, 6.45) is 2.32. The predicted octanol–water partition coefficient (Wildman–Crippen LogP) is 5.23. The Bertz CT molecular complexity index is 1510. The van der Waals surface area contributed by atoms with Crippen LogP contribution in [-0.2, 0) is 25.0 Å². The molecule has 3 aromatic rings. The standard InChI is InChI=1S/C31H36N6O4/c1-19-15-40-28(38)36(19)24-7-6-8-25(34-24)37-23-13-29(2,3)41-18-31(23,5)22-14-32-27(35-26(22)37)33-21-11-9-20(10-12-21)30(4)16-39-17-30/h6-12,14,19,23H,13,15-18H2,1-5H3,(H,32,33,35)/t19-,23+,31+/m0/s1. The van der Waals surface area contributed by atoms with Gasteiger partial charge in [0, 0.05) is 28.3 Å². The number of ether oxygens (including phenoxy) is 3. The lowest BCUT2D eigenvalue weighted by molar-refractivity contribution is -0.0893. The third-order valence-corrected chi connectivity index (χ3v) is 9.08. The molecule has 0 bridgehead atoms. The van der Waals surface area contributed by atoms with Gasteiger partial charge in [-0.25, -0.2) is 14.8 Å². The highest BCUT2D eigenvalue weighted by molar-refractivity contribution is 5.89. The number of aromatic nitrogens is 3. The van der Waals surface area contributed by atoms with Gasteiger partial charge in [0.1, 0.15) is 24.1 Å². The van der Waals surface area contributed by atoms with Crippen molar-refractivity contribution >= 4 is 35.2 Å². The topological polar surface area (TPSA) is 102 Å². The number of hydrogen-bond donors (Lipinski definition) is 1. The third kappa shape index (κ3) is 4.23. The summed E-state index contributed by atoms with van der Waals surface area (Å²) in [5.74, 6) is 2.60. The number of nitrogens with zero attached hydrogens (tertiary/aromatic N) is 5. The molecule has 41 heavy (non-hydrogen) atoms. The molecule has 0 unspecified atom stereocenters. The third-order valence-electron chi connectivity index (χ3n) is 9.08. The average Bonchev–Trinajstić information content (AvgIpc) is 3.39. The first-order chi connectivity index (χ1) is 19.6. The first-order valence-corrected chi connectivity index (χ1v) is 14.3. The van der Waals surface area contributed by atoms with Crippen LogP contribution in [0.25, 0.3) is 0 Å². The SMILES string of the molecule is C[C@H]1COC(=O)N1c1cccc(N2c3nc(Nc4ccc(C5(C)COC5)cc4)ncc3[C@@]3(C)COC(C)(C)C[C@@H]23)n1. The second-order valence-electron chi connectivity index (χ2n) is 12.9. The summed E-state index contributed by atoms with van der Waals surface area (Å²) >= 11 is 0. The smallest absolute Gasteiger partial charge is 0.415 e. The van der Waals surface area contributed by atoms with Crippen molar-refractivity contribution in [2.24, 2.45) is 0 Å². The quantitative estimate of drug-likeness (QED) is 0.453. The van der Waals surface area contributed by atoms with Gasteiger partial charge in [-0.3, -0.25) is 4.90 Å². The van der Waals surface area contributed by atoms with Crippen molar-refractivity contribution in [1.82, 2.24) is 15.0 Å². The van der Waals surface area contributed by atoms with Gasteiger partial charge in [0.05, 0.1) is 37.5 Å². The molecule has 2 aromatic heterocycles. The number of amides is 1. The lowest BCUT2D eigenvalue weighted by Gasteiger charge is -2.46. The Morgan fingerprint density at radius 3 is 2.34 bits per heavy atom. The fourth-order valence-electron chi connectivity index (χ4n) is 6.44. The molecule has 3 fully saturated rings. The van der Waals surface area contributed by atoms with E-state index in [1.807, 2.05) is 31.3 Å². The number of fused-ring (bicyclic) bond motifs is 3. The van der Waals surface area contributed by atoms with Crippen LogP contribution in [-0.4, -0.2) is 65.2 Å². The number of carbonyl (C=O) groups is 1. The Hall–Kier alpha value is -3.76.